The maximum absolute atomic E-state index is 12.7. The number of hydrogen-bond donors (Lipinski definition) is 3. The molecule has 6 nitrogen and oxygen atoms in total. The number of aryl methyl sites for hydroxylation is 1. The summed E-state index contributed by atoms with van der Waals surface area (Å²) in [6.45, 7) is 4.46. The summed E-state index contributed by atoms with van der Waals surface area (Å²) < 4.78 is 0. The molecule has 2 aliphatic heterocycles. The molecular formula is C23H27ClN4O2S. The van der Waals surface area contributed by atoms with Gasteiger partial charge in [-0.25, -0.2) is 0 Å². The summed E-state index contributed by atoms with van der Waals surface area (Å²) in [6, 6.07) is 15.9. The Labute approximate surface area is 192 Å². The summed E-state index contributed by atoms with van der Waals surface area (Å²) in [6.07, 6.45) is 0.913. The second-order valence-electron chi connectivity index (χ2n) is 8.10. The van der Waals surface area contributed by atoms with Crippen LogP contribution in [0.1, 0.15) is 17.5 Å². The highest BCUT2D eigenvalue weighted by atomic mass is 35.5. The van der Waals surface area contributed by atoms with Gasteiger partial charge in [-0.05, 0) is 36.6 Å². The van der Waals surface area contributed by atoms with Gasteiger partial charge in [-0.1, -0.05) is 48.0 Å². The van der Waals surface area contributed by atoms with E-state index in [0.29, 0.717) is 10.7 Å². The van der Waals surface area contributed by atoms with Crippen molar-refractivity contribution in [1.29, 1.82) is 0 Å². The van der Waals surface area contributed by atoms with Crippen molar-refractivity contribution in [3.63, 3.8) is 0 Å². The van der Waals surface area contributed by atoms with Gasteiger partial charge in [-0.15, -0.1) is 11.8 Å². The molecule has 4 rings (SSSR count). The van der Waals surface area contributed by atoms with Crippen molar-refractivity contribution >= 4 is 40.9 Å². The molecule has 2 saturated heterocycles. The Hall–Kier alpha value is -2.06. The van der Waals surface area contributed by atoms with E-state index in [2.05, 4.69) is 33.0 Å². The van der Waals surface area contributed by atoms with Gasteiger partial charge < -0.3 is 10.6 Å². The molecule has 2 amide bonds. The first-order valence-corrected chi connectivity index (χ1v) is 11.9. The Morgan fingerprint density at radius 2 is 2.06 bits per heavy atom. The molecule has 0 aromatic heterocycles. The minimum absolute atomic E-state index is 0.0599. The van der Waals surface area contributed by atoms with Gasteiger partial charge in [0.1, 0.15) is 5.50 Å². The lowest BCUT2D eigenvalue weighted by molar-refractivity contribution is -0.130. The number of amides is 2. The average Bonchev–Trinajstić information content (AvgIpc) is 2.76. The number of halogens is 1. The molecule has 164 valence electrons. The number of thioether (sulfide) groups is 1. The number of anilines is 1. The Morgan fingerprint density at radius 3 is 2.84 bits per heavy atom. The first-order valence-electron chi connectivity index (χ1n) is 10.5. The van der Waals surface area contributed by atoms with Crippen molar-refractivity contribution in [2.45, 2.75) is 31.4 Å². The molecule has 0 bridgehead atoms. The molecule has 2 heterocycles. The number of carbonyl (C=O) groups excluding carboxylic acids is 2. The summed E-state index contributed by atoms with van der Waals surface area (Å²) in [4.78, 5) is 27.4. The number of carbonyl (C=O) groups is 2. The number of piperidine rings is 1. The molecule has 0 aliphatic carbocycles. The Balaban J connectivity index is 1.25. The minimum atomic E-state index is -0.262. The number of rotatable bonds is 6. The molecular weight excluding hydrogens is 432 g/mol. The van der Waals surface area contributed by atoms with Gasteiger partial charge in [0, 0.05) is 36.4 Å². The predicted molar refractivity (Wildman–Crippen MR) is 126 cm³/mol. The molecule has 3 N–H and O–H groups in total. The third kappa shape index (κ3) is 5.80. The second kappa shape index (κ2) is 10.0. The number of nitrogens with zero attached hydrogens (tertiary/aromatic N) is 1. The smallest absolute Gasteiger partial charge is 0.234 e. The molecule has 2 aliphatic rings. The van der Waals surface area contributed by atoms with E-state index in [1.807, 2.05) is 37.3 Å². The van der Waals surface area contributed by atoms with E-state index in [0.717, 1.165) is 31.6 Å². The van der Waals surface area contributed by atoms with E-state index in [1.165, 1.54) is 17.3 Å². The number of benzene rings is 2. The molecule has 2 aromatic carbocycles. The van der Waals surface area contributed by atoms with Gasteiger partial charge in [0.2, 0.25) is 11.8 Å². The van der Waals surface area contributed by atoms with Gasteiger partial charge in [0.05, 0.1) is 11.7 Å². The SMILES string of the molecule is Cc1ccc(NC(=O)CSC2NC(=O)C3CN(Cc4ccccc4)CCC3N2)cc1Cl. The number of nitrogens with one attached hydrogen (secondary N) is 3. The van der Waals surface area contributed by atoms with Crippen molar-refractivity contribution < 1.29 is 9.59 Å². The fourth-order valence-corrected chi connectivity index (χ4v) is 5.10. The number of hydrogen-bond acceptors (Lipinski definition) is 5. The first-order chi connectivity index (χ1) is 15.0. The molecule has 2 aromatic rings. The summed E-state index contributed by atoms with van der Waals surface area (Å²) >= 11 is 7.51. The lowest BCUT2D eigenvalue weighted by atomic mass is 9.89. The van der Waals surface area contributed by atoms with Crippen LogP contribution >= 0.6 is 23.4 Å². The molecule has 0 radical (unpaired) electrons. The zero-order chi connectivity index (χ0) is 21.8. The molecule has 3 atom stereocenters. The number of likely N-dealkylation sites (tertiary alicyclic amines) is 1. The summed E-state index contributed by atoms with van der Waals surface area (Å²) in [5, 5.41) is 10.0. The van der Waals surface area contributed by atoms with E-state index in [9.17, 15) is 9.59 Å². The van der Waals surface area contributed by atoms with Crippen LogP contribution in [0.3, 0.4) is 0 Å². The van der Waals surface area contributed by atoms with Crippen molar-refractivity contribution in [2.24, 2.45) is 5.92 Å². The van der Waals surface area contributed by atoms with Crippen LogP contribution in [-0.2, 0) is 16.1 Å². The summed E-state index contributed by atoms with van der Waals surface area (Å²) in [7, 11) is 0. The maximum Gasteiger partial charge on any atom is 0.234 e. The van der Waals surface area contributed by atoms with E-state index in [1.54, 1.807) is 6.07 Å². The van der Waals surface area contributed by atoms with E-state index in [-0.39, 0.29) is 35.0 Å². The highest BCUT2D eigenvalue weighted by molar-refractivity contribution is 8.00. The maximum atomic E-state index is 12.7. The van der Waals surface area contributed by atoms with Crippen molar-refractivity contribution in [3.8, 4) is 0 Å². The van der Waals surface area contributed by atoms with Gasteiger partial charge in [0.15, 0.2) is 0 Å². The van der Waals surface area contributed by atoms with Crippen LogP contribution in [0, 0.1) is 12.8 Å². The van der Waals surface area contributed by atoms with Crippen LogP contribution in [0.2, 0.25) is 5.02 Å². The van der Waals surface area contributed by atoms with E-state index in [4.69, 9.17) is 11.6 Å². The fourth-order valence-electron chi connectivity index (χ4n) is 4.06. The highest BCUT2D eigenvalue weighted by Crippen LogP contribution is 2.25. The van der Waals surface area contributed by atoms with Gasteiger partial charge in [-0.3, -0.25) is 19.8 Å². The minimum Gasteiger partial charge on any atom is -0.331 e. The third-order valence-corrected chi connectivity index (χ3v) is 7.18. The fraction of sp³-hybridized carbons (Fsp3) is 0.391. The monoisotopic (exact) mass is 458 g/mol. The standard InChI is InChI=1S/C23H27ClN4O2S/c1-15-7-8-17(11-19(15)24)25-21(29)14-31-23-26-20-9-10-28(13-18(20)22(30)27-23)12-16-5-3-2-4-6-16/h2-8,11,18,20,23,26H,9-10,12-14H2,1H3,(H,25,29)(H,27,30). The van der Waals surface area contributed by atoms with Crippen molar-refractivity contribution in [2.75, 3.05) is 24.2 Å². The van der Waals surface area contributed by atoms with Crippen LogP contribution < -0.4 is 16.0 Å². The number of fused-ring (bicyclic) bond motifs is 1. The van der Waals surface area contributed by atoms with Crippen LogP contribution in [-0.4, -0.2) is 47.1 Å². The third-order valence-electron chi connectivity index (χ3n) is 5.76. The highest BCUT2D eigenvalue weighted by Gasteiger charge is 2.39. The van der Waals surface area contributed by atoms with Gasteiger partial charge in [-0.2, -0.15) is 0 Å². The largest absolute Gasteiger partial charge is 0.331 e. The predicted octanol–water partition coefficient (Wildman–Crippen LogP) is 3.21. The summed E-state index contributed by atoms with van der Waals surface area (Å²) in [5.41, 5.74) is 2.64. The van der Waals surface area contributed by atoms with Crippen LogP contribution in [0.4, 0.5) is 5.69 Å². The Kier molecular flexibility index (Phi) is 7.17. The molecule has 0 spiro atoms. The van der Waals surface area contributed by atoms with Gasteiger partial charge >= 0.3 is 0 Å². The van der Waals surface area contributed by atoms with E-state index >= 15 is 0 Å². The van der Waals surface area contributed by atoms with Crippen LogP contribution in [0.5, 0.6) is 0 Å². The van der Waals surface area contributed by atoms with Crippen molar-refractivity contribution in [1.82, 2.24) is 15.5 Å². The first kappa shape index (κ1) is 22.1. The molecule has 31 heavy (non-hydrogen) atoms. The molecule has 8 heteroatoms. The van der Waals surface area contributed by atoms with Crippen molar-refractivity contribution in [3.05, 3.63) is 64.7 Å². The molecule has 3 unspecified atom stereocenters. The lowest BCUT2D eigenvalue weighted by Gasteiger charge is -2.43. The zero-order valence-corrected chi connectivity index (χ0v) is 19.0. The summed E-state index contributed by atoms with van der Waals surface area (Å²) in [5.74, 6) is 0.101. The van der Waals surface area contributed by atoms with Gasteiger partial charge in [0.25, 0.3) is 0 Å². The van der Waals surface area contributed by atoms with E-state index < -0.39 is 0 Å². The quantitative estimate of drug-likeness (QED) is 0.620. The second-order valence-corrected chi connectivity index (χ2v) is 9.60. The Bertz CT molecular complexity index is 942. The van der Waals surface area contributed by atoms with Crippen LogP contribution in [0.25, 0.3) is 0 Å². The molecule has 2 fully saturated rings. The zero-order valence-electron chi connectivity index (χ0n) is 17.4. The average molecular weight is 459 g/mol. The Morgan fingerprint density at radius 1 is 1.26 bits per heavy atom. The lowest BCUT2D eigenvalue weighted by Crippen LogP contribution is -2.64. The topological polar surface area (TPSA) is 73.5 Å². The van der Waals surface area contributed by atoms with Crippen LogP contribution in [0.15, 0.2) is 48.5 Å². The normalized spacial score (nSPS) is 23.7. The molecule has 0 saturated carbocycles.